The Hall–Kier alpha value is 0.190. The van der Waals surface area contributed by atoms with Gasteiger partial charge >= 0.3 is 0 Å². The summed E-state index contributed by atoms with van der Waals surface area (Å²) in [4.78, 5) is 0. The van der Waals surface area contributed by atoms with Crippen molar-refractivity contribution in [3.8, 4) is 0 Å². The molecular formula is C16H31N3S3. The first-order valence-corrected chi connectivity index (χ1v) is 12.1. The third-order valence-corrected chi connectivity index (χ3v) is 7.37. The highest BCUT2D eigenvalue weighted by Gasteiger charge is 2.07. The SMILES string of the molecule is CCSCCCCCCn1nncc1CCCC(SC)SC. The number of hydrogen-bond donors (Lipinski definition) is 0. The third kappa shape index (κ3) is 8.73. The van der Waals surface area contributed by atoms with E-state index in [1.54, 1.807) is 0 Å². The average Bonchev–Trinajstić information content (AvgIpc) is 2.98. The van der Waals surface area contributed by atoms with Crippen LogP contribution in [-0.4, -0.2) is 43.6 Å². The molecule has 128 valence electrons. The van der Waals surface area contributed by atoms with Gasteiger partial charge < -0.3 is 0 Å². The molecule has 1 rings (SSSR count). The Labute approximate surface area is 149 Å². The summed E-state index contributed by atoms with van der Waals surface area (Å²) >= 11 is 5.97. The summed E-state index contributed by atoms with van der Waals surface area (Å²) in [6.07, 6.45) is 15.2. The van der Waals surface area contributed by atoms with Crippen LogP contribution in [0.3, 0.4) is 0 Å². The molecule has 1 aromatic rings. The fourth-order valence-electron chi connectivity index (χ4n) is 2.41. The molecule has 0 radical (unpaired) electrons. The standard InChI is InChI=1S/C16H31N3S3/c1-4-22-13-8-6-5-7-12-19-15(14-17-18-19)10-9-11-16(20-2)21-3/h14,16H,4-13H2,1-3H3. The van der Waals surface area contributed by atoms with E-state index in [-0.39, 0.29) is 0 Å². The zero-order chi connectivity index (χ0) is 16.0. The van der Waals surface area contributed by atoms with E-state index in [0.717, 1.165) is 17.5 Å². The summed E-state index contributed by atoms with van der Waals surface area (Å²) in [5.41, 5.74) is 1.31. The Bertz CT molecular complexity index is 367. The predicted octanol–water partition coefficient (Wildman–Crippen LogP) is 4.97. The molecule has 0 fully saturated rings. The van der Waals surface area contributed by atoms with Gasteiger partial charge in [-0.2, -0.15) is 35.3 Å². The lowest BCUT2D eigenvalue weighted by molar-refractivity contribution is 0.509. The first kappa shape index (κ1) is 20.2. The lowest BCUT2D eigenvalue weighted by Crippen LogP contribution is -2.06. The van der Waals surface area contributed by atoms with Crippen molar-refractivity contribution in [1.82, 2.24) is 15.0 Å². The van der Waals surface area contributed by atoms with Crippen LogP contribution in [0.2, 0.25) is 0 Å². The van der Waals surface area contributed by atoms with E-state index in [1.165, 1.54) is 55.7 Å². The van der Waals surface area contributed by atoms with Gasteiger partial charge in [-0.15, -0.1) is 5.10 Å². The summed E-state index contributed by atoms with van der Waals surface area (Å²) in [5, 5.41) is 8.35. The average molecular weight is 362 g/mol. The Morgan fingerprint density at radius 1 is 1.09 bits per heavy atom. The number of unbranched alkanes of at least 4 members (excludes halogenated alkanes) is 3. The number of thioether (sulfide) groups is 3. The van der Waals surface area contributed by atoms with Gasteiger partial charge in [-0.25, -0.2) is 4.68 Å². The van der Waals surface area contributed by atoms with Crippen molar-refractivity contribution in [3.05, 3.63) is 11.9 Å². The molecule has 0 atom stereocenters. The van der Waals surface area contributed by atoms with Crippen LogP contribution in [0.1, 0.15) is 51.1 Å². The first-order valence-electron chi connectivity index (χ1n) is 8.32. The fraction of sp³-hybridized carbons (Fsp3) is 0.875. The molecule has 0 aliphatic heterocycles. The van der Waals surface area contributed by atoms with Crippen molar-refractivity contribution in [2.24, 2.45) is 0 Å². The molecule has 0 bridgehead atoms. The smallest absolute Gasteiger partial charge is 0.0725 e. The van der Waals surface area contributed by atoms with Gasteiger partial charge in [0.05, 0.1) is 11.9 Å². The highest BCUT2D eigenvalue weighted by molar-refractivity contribution is 8.16. The maximum absolute atomic E-state index is 4.25. The van der Waals surface area contributed by atoms with E-state index in [4.69, 9.17) is 0 Å². The van der Waals surface area contributed by atoms with Crippen LogP contribution in [0.5, 0.6) is 0 Å². The van der Waals surface area contributed by atoms with Crippen molar-refractivity contribution in [2.75, 3.05) is 24.0 Å². The van der Waals surface area contributed by atoms with Crippen LogP contribution in [0.4, 0.5) is 0 Å². The van der Waals surface area contributed by atoms with E-state index in [0.29, 0.717) is 0 Å². The molecule has 1 heterocycles. The summed E-state index contributed by atoms with van der Waals surface area (Å²) in [7, 11) is 0. The van der Waals surface area contributed by atoms with E-state index >= 15 is 0 Å². The monoisotopic (exact) mass is 361 g/mol. The second kappa shape index (κ2) is 13.6. The second-order valence-corrected chi connectivity index (χ2v) is 9.13. The molecular weight excluding hydrogens is 330 g/mol. The van der Waals surface area contributed by atoms with Crippen LogP contribution in [0.25, 0.3) is 0 Å². The molecule has 0 unspecified atom stereocenters. The first-order chi connectivity index (χ1) is 10.8. The largest absolute Gasteiger partial charge is 0.249 e. The number of aryl methyl sites for hydroxylation is 2. The van der Waals surface area contributed by atoms with Gasteiger partial charge in [0.2, 0.25) is 0 Å². The molecule has 1 aromatic heterocycles. The predicted molar refractivity (Wildman–Crippen MR) is 105 cm³/mol. The minimum absolute atomic E-state index is 0.727. The molecule has 22 heavy (non-hydrogen) atoms. The highest BCUT2D eigenvalue weighted by Crippen LogP contribution is 2.24. The number of nitrogens with zero attached hydrogens (tertiary/aromatic N) is 3. The zero-order valence-corrected chi connectivity index (χ0v) is 16.7. The zero-order valence-electron chi connectivity index (χ0n) is 14.3. The van der Waals surface area contributed by atoms with Crippen LogP contribution >= 0.6 is 35.3 Å². The van der Waals surface area contributed by atoms with E-state index in [2.05, 4.69) is 46.2 Å². The fourth-order valence-corrected chi connectivity index (χ4v) is 4.68. The van der Waals surface area contributed by atoms with Crippen LogP contribution in [-0.2, 0) is 13.0 Å². The van der Waals surface area contributed by atoms with E-state index < -0.39 is 0 Å². The van der Waals surface area contributed by atoms with Gasteiger partial charge in [0.15, 0.2) is 0 Å². The Morgan fingerprint density at radius 3 is 2.59 bits per heavy atom. The molecule has 0 aliphatic rings. The lowest BCUT2D eigenvalue weighted by Gasteiger charge is -2.11. The summed E-state index contributed by atoms with van der Waals surface area (Å²) in [6.45, 7) is 3.27. The van der Waals surface area contributed by atoms with E-state index in [1.807, 2.05) is 29.7 Å². The number of rotatable bonds is 14. The van der Waals surface area contributed by atoms with Crippen LogP contribution in [0, 0.1) is 0 Å². The van der Waals surface area contributed by atoms with E-state index in [9.17, 15) is 0 Å². The quantitative estimate of drug-likeness (QED) is 0.345. The molecule has 3 nitrogen and oxygen atoms in total. The van der Waals surface area contributed by atoms with Gasteiger partial charge in [-0.05, 0) is 56.1 Å². The topological polar surface area (TPSA) is 30.7 Å². The Morgan fingerprint density at radius 2 is 1.86 bits per heavy atom. The molecule has 0 spiro atoms. The van der Waals surface area contributed by atoms with Crippen molar-refractivity contribution in [1.29, 1.82) is 0 Å². The number of hydrogen-bond acceptors (Lipinski definition) is 5. The lowest BCUT2D eigenvalue weighted by atomic mass is 10.2. The van der Waals surface area contributed by atoms with Gasteiger partial charge in [-0.1, -0.05) is 25.0 Å². The molecule has 0 amide bonds. The van der Waals surface area contributed by atoms with Crippen molar-refractivity contribution in [2.45, 2.75) is 63.0 Å². The summed E-state index contributed by atoms with van der Waals surface area (Å²) < 4.78 is 2.85. The molecule has 0 aliphatic carbocycles. The Kier molecular flexibility index (Phi) is 12.5. The van der Waals surface area contributed by atoms with Gasteiger partial charge in [0.1, 0.15) is 0 Å². The summed E-state index contributed by atoms with van der Waals surface area (Å²) in [6, 6.07) is 0. The van der Waals surface area contributed by atoms with Crippen molar-refractivity contribution >= 4 is 35.3 Å². The Balaban J connectivity index is 2.16. The molecule has 6 heteroatoms. The minimum atomic E-state index is 0.727. The molecule has 0 N–H and O–H groups in total. The normalized spacial score (nSPS) is 11.5. The van der Waals surface area contributed by atoms with Crippen molar-refractivity contribution in [3.63, 3.8) is 0 Å². The van der Waals surface area contributed by atoms with Gasteiger partial charge in [0.25, 0.3) is 0 Å². The summed E-state index contributed by atoms with van der Waals surface area (Å²) in [5.74, 6) is 2.56. The second-order valence-electron chi connectivity index (χ2n) is 5.35. The van der Waals surface area contributed by atoms with Crippen LogP contribution < -0.4 is 0 Å². The third-order valence-electron chi connectivity index (χ3n) is 3.71. The molecule has 0 saturated heterocycles. The highest BCUT2D eigenvalue weighted by atomic mass is 32.2. The number of aromatic nitrogens is 3. The minimum Gasteiger partial charge on any atom is -0.249 e. The molecule has 0 saturated carbocycles. The maximum atomic E-state index is 4.25. The van der Waals surface area contributed by atoms with Crippen molar-refractivity contribution < 1.29 is 0 Å². The van der Waals surface area contributed by atoms with Gasteiger partial charge in [0, 0.05) is 11.1 Å². The molecule has 0 aromatic carbocycles. The van der Waals surface area contributed by atoms with Gasteiger partial charge in [-0.3, -0.25) is 0 Å². The maximum Gasteiger partial charge on any atom is 0.0725 e. The van der Waals surface area contributed by atoms with Crippen LogP contribution in [0.15, 0.2) is 6.20 Å².